The van der Waals surface area contributed by atoms with E-state index in [1.807, 2.05) is 0 Å². The summed E-state index contributed by atoms with van der Waals surface area (Å²) >= 11 is 0. The van der Waals surface area contributed by atoms with Crippen LogP contribution >= 0.6 is 0 Å². The van der Waals surface area contributed by atoms with Gasteiger partial charge in [0.2, 0.25) is 17.7 Å². The standard InChI is InChI=1S/C15H27N5O7/c16-6-2-1-3-10(15(26)27)20-14(25)9(4-5-12(22)23)19-13(24)8(17)7-11(18)21/h8-10H,1-7,16-17H2,(H2,18,21)(H,19,24)(H,20,25)(H,22,23)(H,26,27)/t8-,9-,10-/m0/s1. The van der Waals surface area contributed by atoms with Gasteiger partial charge >= 0.3 is 11.9 Å². The van der Waals surface area contributed by atoms with Crippen molar-refractivity contribution >= 4 is 29.7 Å². The fourth-order valence-corrected chi connectivity index (χ4v) is 2.15. The molecule has 0 saturated carbocycles. The van der Waals surface area contributed by atoms with Crippen molar-refractivity contribution in [3.05, 3.63) is 0 Å². The Morgan fingerprint density at radius 1 is 0.889 bits per heavy atom. The Balaban J connectivity index is 5.04. The number of unbranched alkanes of at least 4 members (excludes halogenated alkanes) is 1. The smallest absolute Gasteiger partial charge is 0.326 e. The van der Waals surface area contributed by atoms with E-state index in [-0.39, 0.29) is 12.8 Å². The van der Waals surface area contributed by atoms with Crippen LogP contribution < -0.4 is 27.8 Å². The molecule has 0 unspecified atom stereocenters. The number of hydrogen-bond donors (Lipinski definition) is 7. The molecular formula is C15H27N5O7. The molecule has 27 heavy (non-hydrogen) atoms. The molecule has 0 aromatic carbocycles. The first-order chi connectivity index (χ1) is 12.6. The van der Waals surface area contributed by atoms with Crippen molar-refractivity contribution in [3.8, 4) is 0 Å². The molecule has 0 bridgehead atoms. The third-order valence-corrected chi connectivity index (χ3v) is 3.60. The van der Waals surface area contributed by atoms with Crippen LogP contribution in [-0.2, 0) is 24.0 Å². The zero-order chi connectivity index (χ0) is 21.0. The van der Waals surface area contributed by atoms with Gasteiger partial charge < -0.3 is 38.0 Å². The van der Waals surface area contributed by atoms with Gasteiger partial charge in [-0.1, -0.05) is 0 Å². The molecule has 0 aromatic heterocycles. The first kappa shape index (κ1) is 24.3. The molecule has 0 saturated heterocycles. The van der Waals surface area contributed by atoms with Crippen LogP contribution in [0.1, 0.15) is 38.5 Å². The third-order valence-electron chi connectivity index (χ3n) is 3.60. The van der Waals surface area contributed by atoms with Crippen LogP contribution in [0.15, 0.2) is 0 Å². The maximum Gasteiger partial charge on any atom is 0.326 e. The number of carboxylic acid groups (broad SMARTS) is 2. The number of carboxylic acids is 2. The van der Waals surface area contributed by atoms with Crippen LogP contribution in [0.4, 0.5) is 0 Å². The quantitative estimate of drug-likeness (QED) is 0.152. The fraction of sp³-hybridized carbons (Fsp3) is 0.667. The van der Waals surface area contributed by atoms with E-state index in [4.69, 9.17) is 22.3 Å². The Bertz CT molecular complexity index is 555. The van der Waals surface area contributed by atoms with Gasteiger partial charge in [0.25, 0.3) is 0 Å². The van der Waals surface area contributed by atoms with Crippen molar-refractivity contribution in [2.75, 3.05) is 6.54 Å². The first-order valence-corrected chi connectivity index (χ1v) is 8.37. The van der Waals surface area contributed by atoms with Gasteiger partial charge in [0.05, 0.1) is 12.5 Å². The summed E-state index contributed by atoms with van der Waals surface area (Å²) < 4.78 is 0. The van der Waals surface area contributed by atoms with Gasteiger partial charge in [-0.25, -0.2) is 4.79 Å². The van der Waals surface area contributed by atoms with Crippen molar-refractivity contribution in [1.29, 1.82) is 0 Å². The predicted molar refractivity (Wildman–Crippen MR) is 93.1 cm³/mol. The lowest BCUT2D eigenvalue weighted by Gasteiger charge is -2.22. The highest BCUT2D eigenvalue weighted by atomic mass is 16.4. The van der Waals surface area contributed by atoms with E-state index in [9.17, 15) is 29.1 Å². The summed E-state index contributed by atoms with van der Waals surface area (Å²) in [5.41, 5.74) is 15.8. The average Bonchev–Trinajstić information content (AvgIpc) is 2.56. The van der Waals surface area contributed by atoms with Crippen molar-refractivity contribution in [3.63, 3.8) is 0 Å². The second-order valence-corrected chi connectivity index (χ2v) is 5.95. The summed E-state index contributed by atoms with van der Waals surface area (Å²) in [6.07, 6.45) is -0.0428. The topological polar surface area (TPSA) is 228 Å². The molecule has 0 aliphatic rings. The summed E-state index contributed by atoms with van der Waals surface area (Å²) in [4.78, 5) is 57.2. The van der Waals surface area contributed by atoms with Crippen molar-refractivity contribution < 1.29 is 34.2 Å². The molecule has 0 rings (SSSR count). The maximum atomic E-state index is 12.3. The van der Waals surface area contributed by atoms with Gasteiger partial charge in [-0.3, -0.25) is 19.2 Å². The molecular weight excluding hydrogens is 362 g/mol. The van der Waals surface area contributed by atoms with E-state index in [0.29, 0.717) is 19.4 Å². The molecule has 0 radical (unpaired) electrons. The Hall–Kier alpha value is -2.73. The summed E-state index contributed by atoms with van der Waals surface area (Å²) in [5, 5.41) is 22.5. The van der Waals surface area contributed by atoms with E-state index < -0.39 is 60.6 Å². The second kappa shape index (κ2) is 12.6. The van der Waals surface area contributed by atoms with Crippen LogP contribution in [0.2, 0.25) is 0 Å². The Morgan fingerprint density at radius 3 is 1.96 bits per heavy atom. The highest BCUT2D eigenvalue weighted by Gasteiger charge is 2.28. The molecule has 3 amide bonds. The van der Waals surface area contributed by atoms with E-state index in [1.54, 1.807) is 0 Å². The molecule has 0 aromatic rings. The monoisotopic (exact) mass is 389 g/mol. The van der Waals surface area contributed by atoms with Crippen LogP contribution in [0.3, 0.4) is 0 Å². The Labute approximate surface area is 155 Å². The first-order valence-electron chi connectivity index (χ1n) is 8.37. The molecule has 0 spiro atoms. The van der Waals surface area contributed by atoms with Gasteiger partial charge in [-0.2, -0.15) is 0 Å². The third kappa shape index (κ3) is 10.8. The molecule has 12 heteroatoms. The second-order valence-electron chi connectivity index (χ2n) is 5.95. The minimum absolute atomic E-state index is 0.124. The van der Waals surface area contributed by atoms with E-state index >= 15 is 0 Å². The predicted octanol–water partition coefficient (Wildman–Crippen LogP) is -2.76. The Kier molecular flexibility index (Phi) is 11.3. The zero-order valence-electron chi connectivity index (χ0n) is 14.8. The molecule has 154 valence electrons. The minimum Gasteiger partial charge on any atom is -0.481 e. The number of nitrogens with one attached hydrogen (secondary N) is 2. The SMILES string of the molecule is NCCCC[C@H](NC(=O)[C@H](CCC(=O)O)NC(=O)[C@@H](N)CC(N)=O)C(=O)O. The number of amides is 3. The average molecular weight is 389 g/mol. The van der Waals surface area contributed by atoms with Gasteiger partial charge in [-0.05, 0) is 32.2 Å². The summed E-state index contributed by atoms with van der Waals surface area (Å²) in [5.74, 6) is -5.05. The zero-order valence-corrected chi connectivity index (χ0v) is 14.8. The fourth-order valence-electron chi connectivity index (χ4n) is 2.15. The largest absolute Gasteiger partial charge is 0.481 e. The van der Waals surface area contributed by atoms with Crippen molar-refractivity contribution in [1.82, 2.24) is 10.6 Å². The molecule has 12 nitrogen and oxygen atoms in total. The van der Waals surface area contributed by atoms with E-state index in [2.05, 4.69) is 10.6 Å². The number of nitrogens with two attached hydrogens (primary N) is 3. The van der Waals surface area contributed by atoms with Gasteiger partial charge in [0.1, 0.15) is 12.1 Å². The molecule has 3 atom stereocenters. The van der Waals surface area contributed by atoms with Gasteiger partial charge in [0, 0.05) is 6.42 Å². The molecule has 0 fully saturated rings. The van der Waals surface area contributed by atoms with E-state index in [1.165, 1.54) is 0 Å². The van der Waals surface area contributed by atoms with Crippen LogP contribution in [-0.4, -0.2) is 64.5 Å². The van der Waals surface area contributed by atoms with E-state index in [0.717, 1.165) is 0 Å². The van der Waals surface area contributed by atoms with Crippen molar-refractivity contribution in [2.45, 2.75) is 56.7 Å². The minimum atomic E-state index is -1.33. The number of rotatable bonds is 14. The molecule has 10 N–H and O–H groups in total. The number of hydrogen-bond acceptors (Lipinski definition) is 7. The van der Waals surface area contributed by atoms with Gasteiger partial charge in [-0.15, -0.1) is 0 Å². The van der Waals surface area contributed by atoms with Crippen LogP contribution in [0.25, 0.3) is 0 Å². The number of aliphatic carboxylic acids is 2. The molecule has 0 heterocycles. The lowest BCUT2D eigenvalue weighted by molar-refractivity contribution is -0.143. The molecule has 0 aliphatic carbocycles. The lowest BCUT2D eigenvalue weighted by Crippen LogP contribution is -2.55. The summed E-state index contributed by atoms with van der Waals surface area (Å²) in [6.45, 7) is 0.370. The summed E-state index contributed by atoms with van der Waals surface area (Å²) in [6, 6.07) is -3.86. The number of carbonyl (C=O) groups is 5. The van der Waals surface area contributed by atoms with Crippen LogP contribution in [0, 0.1) is 0 Å². The van der Waals surface area contributed by atoms with Crippen LogP contribution in [0.5, 0.6) is 0 Å². The Morgan fingerprint density at radius 2 is 1.48 bits per heavy atom. The molecule has 0 aliphatic heterocycles. The lowest BCUT2D eigenvalue weighted by atomic mass is 10.1. The maximum absolute atomic E-state index is 12.3. The highest BCUT2D eigenvalue weighted by Crippen LogP contribution is 2.05. The van der Waals surface area contributed by atoms with Gasteiger partial charge in [0.15, 0.2) is 0 Å². The number of carbonyl (C=O) groups excluding carboxylic acids is 3. The van der Waals surface area contributed by atoms with Crippen molar-refractivity contribution in [2.24, 2.45) is 17.2 Å². The normalized spacial score (nSPS) is 13.9. The number of primary amides is 1. The highest BCUT2D eigenvalue weighted by molar-refractivity contribution is 5.93. The summed E-state index contributed by atoms with van der Waals surface area (Å²) in [7, 11) is 0.